The van der Waals surface area contributed by atoms with Gasteiger partial charge >= 0.3 is 18.3 Å². The third-order valence-corrected chi connectivity index (χ3v) is 7.52. The van der Waals surface area contributed by atoms with E-state index >= 15 is 0 Å². The van der Waals surface area contributed by atoms with Crippen LogP contribution in [0, 0.1) is 5.92 Å². The smallest absolute Gasteiger partial charge is 0.416 e. The average molecular weight is 530 g/mol. The number of likely N-dealkylation sites (tertiary alicyclic amines) is 1. The molecule has 4 rings (SSSR count). The van der Waals surface area contributed by atoms with E-state index in [1.807, 2.05) is 18.2 Å². The van der Waals surface area contributed by atoms with Crippen LogP contribution in [-0.2, 0) is 30.0 Å². The summed E-state index contributed by atoms with van der Waals surface area (Å²) in [4.78, 5) is 13.0. The van der Waals surface area contributed by atoms with Gasteiger partial charge in [-0.05, 0) is 86.5 Å². The van der Waals surface area contributed by atoms with Crippen LogP contribution in [-0.4, -0.2) is 34.7 Å². The molecule has 0 saturated carbocycles. The van der Waals surface area contributed by atoms with Crippen molar-refractivity contribution in [2.45, 2.75) is 69.9 Å². The number of aryl methyl sites for hydroxylation is 1. The molecule has 0 aromatic heterocycles. The maximum atomic E-state index is 13.7. The van der Waals surface area contributed by atoms with Gasteiger partial charge in [-0.25, -0.2) is 0 Å². The number of carboxylic acid groups (broad SMARTS) is 1. The number of nitrogens with zero attached hydrogens (tertiary/aromatic N) is 1. The average Bonchev–Trinajstić information content (AvgIpc) is 2.81. The number of benzene rings is 2. The molecule has 2 aromatic rings. The number of piperidine rings is 1. The number of hydrogen-bond donors (Lipinski definition) is 1. The largest absolute Gasteiger partial charge is 0.486 e. The summed E-state index contributed by atoms with van der Waals surface area (Å²) in [7, 11) is 0. The first-order chi connectivity index (χ1) is 17.2. The first kappa shape index (κ1) is 27.3. The molecule has 0 radical (unpaired) electrons. The van der Waals surface area contributed by atoms with Gasteiger partial charge in [-0.15, -0.1) is 0 Å². The standard InChI is InChI=1S/C27H29F6NO3/c1-16(24(35)36)12-18-4-5-19-8-10-25(37-23(19)13-18)9-3-11-34(15-25)17(2)21-14-20(26(28,29)30)6-7-22(21)27(31,32)33/h4-7,13-14,16-17H,3,8-12,15H2,1-2H3,(H,35,36). The third-order valence-electron chi connectivity index (χ3n) is 7.52. The molecule has 2 heterocycles. The molecule has 0 aliphatic carbocycles. The first-order valence-corrected chi connectivity index (χ1v) is 12.2. The predicted octanol–water partition coefficient (Wildman–Crippen LogP) is 6.91. The van der Waals surface area contributed by atoms with Crippen LogP contribution < -0.4 is 4.74 Å². The number of rotatable bonds is 5. The van der Waals surface area contributed by atoms with Gasteiger partial charge in [0.1, 0.15) is 11.4 Å². The number of hydrogen-bond acceptors (Lipinski definition) is 3. The summed E-state index contributed by atoms with van der Waals surface area (Å²) < 4.78 is 87.7. The molecule has 202 valence electrons. The fourth-order valence-electron chi connectivity index (χ4n) is 5.41. The monoisotopic (exact) mass is 529 g/mol. The van der Waals surface area contributed by atoms with Crippen molar-refractivity contribution in [2.75, 3.05) is 13.1 Å². The van der Waals surface area contributed by atoms with Crippen molar-refractivity contribution in [3.05, 3.63) is 64.2 Å². The Balaban J connectivity index is 1.60. The number of alkyl halides is 6. The number of carbonyl (C=O) groups is 1. The predicted molar refractivity (Wildman–Crippen MR) is 124 cm³/mol. The highest BCUT2D eigenvalue weighted by molar-refractivity contribution is 5.70. The minimum absolute atomic E-state index is 0.275. The molecule has 37 heavy (non-hydrogen) atoms. The Hall–Kier alpha value is -2.75. The molecule has 1 spiro atoms. The second-order valence-corrected chi connectivity index (χ2v) is 10.2. The number of ether oxygens (including phenoxy) is 1. The van der Waals surface area contributed by atoms with Gasteiger partial charge in [-0.2, -0.15) is 26.3 Å². The molecule has 1 N–H and O–H groups in total. The van der Waals surface area contributed by atoms with Crippen LogP contribution in [0.1, 0.15) is 67.0 Å². The molecule has 1 fully saturated rings. The van der Waals surface area contributed by atoms with Crippen molar-refractivity contribution in [1.82, 2.24) is 4.90 Å². The fraction of sp³-hybridized carbons (Fsp3) is 0.519. The van der Waals surface area contributed by atoms with E-state index in [9.17, 15) is 36.2 Å². The van der Waals surface area contributed by atoms with Crippen molar-refractivity contribution >= 4 is 5.97 Å². The highest BCUT2D eigenvalue weighted by Gasteiger charge is 2.44. The molecule has 2 aliphatic rings. The molecule has 4 nitrogen and oxygen atoms in total. The highest BCUT2D eigenvalue weighted by Crippen LogP contribution is 2.44. The molecule has 3 unspecified atom stereocenters. The van der Waals surface area contributed by atoms with Crippen molar-refractivity contribution < 1.29 is 41.0 Å². The quantitative estimate of drug-likeness (QED) is 0.428. The number of aliphatic carboxylic acids is 1. The van der Waals surface area contributed by atoms with Crippen molar-refractivity contribution in [3.8, 4) is 5.75 Å². The van der Waals surface area contributed by atoms with E-state index in [1.165, 1.54) is 6.92 Å². The van der Waals surface area contributed by atoms with Gasteiger partial charge in [0.25, 0.3) is 0 Å². The molecule has 10 heteroatoms. The SMILES string of the molecule is CC(Cc1ccc2c(c1)OC1(CCCN(C(C)c3cc(C(F)(F)F)ccc3C(F)(F)F)C1)CC2)C(=O)O. The van der Waals surface area contributed by atoms with Crippen molar-refractivity contribution in [2.24, 2.45) is 5.92 Å². The van der Waals surface area contributed by atoms with Crippen LogP contribution in [0.25, 0.3) is 0 Å². The van der Waals surface area contributed by atoms with Crippen molar-refractivity contribution in [3.63, 3.8) is 0 Å². The van der Waals surface area contributed by atoms with E-state index in [2.05, 4.69) is 0 Å². The molecule has 3 atom stereocenters. The Morgan fingerprint density at radius 1 is 1.05 bits per heavy atom. The van der Waals surface area contributed by atoms with E-state index in [0.717, 1.165) is 11.1 Å². The van der Waals surface area contributed by atoms with E-state index in [-0.39, 0.29) is 6.54 Å². The van der Waals surface area contributed by atoms with Crippen LogP contribution >= 0.6 is 0 Å². The lowest BCUT2D eigenvalue weighted by Gasteiger charge is -2.47. The molecule has 0 bridgehead atoms. The molecule has 2 aromatic carbocycles. The first-order valence-electron chi connectivity index (χ1n) is 12.2. The molecule has 0 amide bonds. The Bertz CT molecular complexity index is 1160. The summed E-state index contributed by atoms with van der Waals surface area (Å²) in [5.74, 6) is -0.845. The Kier molecular flexibility index (Phi) is 7.27. The maximum absolute atomic E-state index is 13.7. The lowest BCUT2D eigenvalue weighted by atomic mass is 9.82. The van der Waals surface area contributed by atoms with E-state index in [4.69, 9.17) is 4.74 Å². The summed E-state index contributed by atoms with van der Waals surface area (Å²) in [5.41, 5.74) is -1.48. The summed E-state index contributed by atoms with van der Waals surface area (Å²) in [6, 6.07) is 6.30. The molecule has 2 aliphatic heterocycles. The summed E-state index contributed by atoms with van der Waals surface area (Å²) in [5, 5.41) is 9.22. The van der Waals surface area contributed by atoms with Gasteiger partial charge in [0.15, 0.2) is 0 Å². The normalized spacial score (nSPS) is 22.3. The van der Waals surface area contributed by atoms with E-state index in [1.54, 1.807) is 11.8 Å². The Morgan fingerprint density at radius 2 is 1.78 bits per heavy atom. The van der Waals surface area contributed by atoms with Gasteiger partial charge in [0.05, 0.1) is 17.0 Å². The Labute approximate surface area is 211 Å². The van der Waals surface area contributed by atoms with Crippen LogP contribution in [0.2, 0.25) is 0 Å². The zero-order valence-electron chi connectivity index (χ0n) is 20.5. The third kappa shape index (κ3) is 5.89. The second-order valence-electron chi connectivity index (χ2n) is 10.2. The fourth-order valence-corrected chi connectivity index (χ4v) is 5.41. The number of fused-ring (bicyclic) bond motifs is 1. The molecular formula is C27H29F6NO3. The van der Waals surface area contributed by atoms with Crippen LogP contribution in [0.4, 0.5) is 26.3 Å². The van der Waals surface area contributed by atoms with Crippen LogP contribution in [0.3, 0.4) is 0 Å². The summed E-state index contributed by atoms with van der Waals surface area (Å²) in [6.45, 7) is 3.83. The summed E-state index contributed by atoms with van der Waals surface area (Å²) >= 11 is 0. The zero-order valence-corrected chi connectivity index (χ0v) is 20.5. The minimum atomic E-state index is -4.79. The van der Waals surface area contributed by atoms with Crippen LogP contribution in [0.5, 0.6) is 5.75 Å². The maximum Gasteiger partial charge on any atom is 0.416 e. The lowest BCUT2D eigenvalue weighted by molar-refractivity contribution is -0.142. The number of carboxylic acids is 1. The van der Waals surface area contributed by atoms with Gasteiger partial charge in [-0.1, -0.05) is 19.1 Å². The summed E-state index contributed by atoms with van der Waals surface area (Å²) in [6.07, 6.45) is -6.61. The molecular weight excluding hydrogens is 500 g/mol. The Morgan fingerprint density at radius 3 is 2.43 bits per heavy atom. The minimum Gasteiger partial charge on any atom is -0.486 e. The second kappa shape index (κ2) is 9.85. The van der Waals surface area contributed by atoms with Gasteiger partial charge in [-0.3, -0.25) is 9.69 Å². The van der Waals surface area contributed by atoms with E-state index < -0.39 is 52.6 Å². The topological polar surface area (TPSA) is 49.8 Å². The zero-order chi connectivity index (χ0) is 27.2. The molecule has 1 saturated heterocycles. The lowest BCUT2D eigenvalue weighted by Crippen LogP contribution is -2.54. The highest BCUT2D eigenvalue weighted by atomic mass is 19.4. The van der Waals surface area contributed by atoms with Gasteiger partial charge < -0.3 is 9.84 Å². The van der Waals surface area contributed by atoms with Gasteiger partial charge in [0, 0.05) is 12.6 Å². The number of halogens is 6. The van der Waals surface area contributed by atoms with E-state index in [0.29, 0.717) is 62.6 Å². The van der Waals surface area contributed by atoms with Crippen LogP contribution in [0.15, 0.2) is 36.4 Å². The van der Waals surface area contributed by atoms with Gasteiger partial charge in [0.2, 0.25) is 0 Å². The van der Waals surface area contributed by atoms with Crippen molar-refractivity contribution in [1.29, 1.82) is 0 Å².